The Balaban J connectivity index is 1.84. The monoisotopic (exact) mass is 370 g/mol. The van der Waals surface area contributed by atoms with Gasteiger partial charge in [0, 0.05) is 5.75 Å². The molecule has 1 heterocycles. The molecule has 3 aromatic rings. The second-order valence-electron chi connectivity index (χ2n) is 7.48. The minimum atomic E-state index is -0.307. The van der Waals surface area contributed by atoms with Crippen molar-refractivity contribution in [1.82, 2.24) is 20.2 Å². The molecule has 0 aliphatic heterocycles. The van der Waals surface area contributed by atoms with Gasteiger partial charge in [0.05, 0.1) is 5.69 Å². The molecule has 0 radical (unpaired) electrons. The van der Waals surface area contributed by atoms with Crippen LogP contribution in [0.1, 0.15) is 43.0 Å². The molecule has 0 bridgehead atoms. The summed E-state index contributed by atoms with van der Waals surface area (Å²) < 4.78 is 15.1. The second kappa shape index (κ2) is 7.19. The highest BCUT2D eigenvalue weighted by atomic mass is 32.2. The molecule has 0 saturated heterocycles. The Morgan fingerprint density at radius 1 is 1.08 bits per heavy atom. The lowest BCUT2D eigenvalue weighted by Gasteiger charge is -2.22. The van der Waals surface area contributed by atoms with Crippen LogP contribution in [0.2, 0.25) is 0 Å². The smallest absolute Gasteiger partial charge is 0.207 e. The predicted octanol–water partition coefficient (Wildman–Crippen LogP) is 5.01. The molecule has 26 heavy (non-hydrogen) atoms. The lowest BCUT2D eigenvalue weighted by atomic mass is 9.84. The van der Waals surface area contributed by atoms with Gasteiger partial charge in [0.2, 0.25) is 5.16 Å². The van der Waals surface area contributed by atoms with Crippen LogP contribution in [0.4, 0.5) is 4.39 Å². The molecule has 0 unspecified atom stereocenters. The highest BCUT2D eigenvalue weighted by Gasteiger charge is 2.17. The molecule has 3 rings (SSSR count). The first kappa shape index (κ1) is 18.6. The minimum Gasteiger partial charge on any atom is -0.207 e. The van der Waals surface area contributed by atoms with E-state index < -0.39 is 0 Å². The van der Waals surface area contributed by atoms with Gasteiger partial charge in [-0.25, -0.2) is 4.39 Å². The van der Waals surface area contributed by atoms with Crippen LogP contribution in [0, 0.1) is 19.7 Å². The molecule has 0 aliphatic carbocycles. The summed E-state index contributed by atoms with van der Waals surface area (Å²) in [4.78, 5) is 0. The molecular formula is C20H23FN4S. The van der Waals surface area contributed by atoms with Crippen LogP contribution in [0.3, 0.4) is 0 Å². The molecule has 4 nitrogen and oxygen atoms in total. The van der Waals surface area contributed by atoms with Gasteiger partial charge in [-0.05, 0) is 70.1 Å². The third kappa shape index (κ3) is 3.96. The number of thioether (sulfide) groups is 1. The number of aryl methyl sites for hydroxylation is 2. The van der Waals surface area contributed by atoms with Gasteiger partial charge in [-0.3, -0.25) is 0 Å². The SMILES string of the molecule is Cc1cc(C(C)(C)C)cc(C)c1CSc1nnnn1-c1cccc(F)c1. The summed E-state index contributed by atoms with van der Waals surface area (Å²) in [7, 11) is 0. The van der Waals surface area contributed by atoms with Crippen LogP contribution in [-0.4, -0.2) is 20.2 Å². The van der Waals surface area contributed by atoms with Crippen LogP contribution < -0.4 is 0 Å². The third-order valence-electron chi connectivity index (χ3n) is 4.40. The van der Waals surface area contributed by atoms with Gasteiger partial charge in [-0.1, -0.05) is 50.7 Å². The molecule has 0 fully saturated rings. The molecule has 0 atom stereocenters. The Labute approximate surface area is 157 Å². The number of rotatable bonds is 4. The summed E-state index contributed by atoms with van der Waals surface area (Å²) in [6, 6.07) is 10.8. The van der Waals surface area contributed by atoms with E-state index in [1.165, 1.54) is 34.4 Å². The van der Waals surface area contributed by atoms with E-state index in [-0.39, 0.29) is 11.2 Å². The molecule has 0 N–H and O–H groups in total. The first-order valence-corrected chi connectivity index (χ1v) is 9.52. The minimum absolute atomic E-state index is 0.128. The molecule has 136 valence electrons. The fourth-order valence-electron chi connectivity index (χ4n) is 2.83. The number of aromatic nitrogens is 4. The van der Waals surface area contributed by atoms with Crippen LogP contribution in [0.25, 0.3) is 5.69 Å². The lowest BCUT2D eigenvalue weighted by molar-refractivity contribution is 0.589. The van der Waals surface area contributed by atoms with Crippen molar-refractivity contribution in [3.63, 3.8) is 0 Å². The fraction of sp³-hybridized carbons (Fsp3) is 0.350. The molecular weight excluding hydrogens is 347 g/mol. The zero-order valence-corrected chi connectivity index (χ0v) is 16.6. The number of halogens is 1. The summed E-state index contributed by atoms with van der Waals surface area (Å²) in [5.41, 5.74) is 5.92. The van der Waals surface area contributed by atoms with Gasteiger partial charge >= 0.3 is 0 Å². The Hall–Kier alpha value is -2.21. The average Bonchev–Trinajstić information content (AvgIpc) is 3.01. The van der Waals surface area contributed by atoms with Crippen molar-refractivity contribution >= 4 is 11.8 Å². The van der Waals surface area contributed by atoms with Crippen molar-refractivity contribution in [1.29, 1.82) is 0 Å². The van der Waals surface area contributed by atoms with E-state index >= 15 is 0 Å². The quantitative estimate of drug-likeness (QED) is 0.606. The number of nitrogens with zero attached hydrogens (tertiary/aromatic N) is 4. The van der Waals surface area contributed by atoms with Crippen molar-refractivity contribution in [3.8, 4) is 5.69 Å². The molecule has 0 saturated carbocycles. The molecule has 0 spiro atoms. The first-order chi connectivity index (χ1) is 12.3. The van der Waals surface area contributed by atoms with Crippen LogP contribution in [0.15, 0.2) is 41.6 Å². The van der Waals surface area contributed by atoms with Crippen molar-refractivity contribution in [2.45, 2.75) is 50.9 Å². The zero-order chi connectivity index (χ0) is 18.9. The molecule has 2 aromatic carbocycles. The maximum atomic E-state index is 13.5. The van der Waals surface area contributed by atoms with Crippen molar-refractivity contribution in [2.24, 2.45) is 0 Å². The van der Waals surface area contributed by atoms with Crippen LogP contribution >= 0.6 is 11.8 Å². The van der Waals surface area contributed by atoms with E-state index in [2.05, 4.69) is 62.3 Å². The molecule has 0 aliphatic rings. The second-order valence-corrected chi connectivity index (χ2v) is 8.42. The maximum Gasteiger partial charge on any atom is 0.214 e. The van der Waals surface area contributed by atoms with E-state index in [4.69, 9.17) is 0 Å². The summed E-state index contributed by atoms with van der Waals surface area (Å²) >= 11 is 1.55. The first-order valence-electron chi connectivity index (χ1n) is 8.53. The topological polar surface area (TPSA) is 43.6 Å². The summed E-state index contributed by atoms with van der Waals surface area (Å²) in [6.45, 7) is 11.0. The standard InChI is InChI=1S/C20H23FN4S/c1-13-9-15(20(3,4)5)10-14(2)18(13)12-26-19-22-23-24-25(19)17-8-6-7-16(21)11-17/h6-11H,12H2,1-5H3. The Kier molecular flexibility index (Phi) is 5.14. The van der Waals surface area contributed by atoms with E-state index in [1.54, 1.807) is 28.6 Å². The molecule has 1 aromatic heterocycles. The van der Waals surface area contributed by atoms with Gasteiger partial charge in [0.15, 0.2) is 0 Å². The fourth-order valence-corrected chi connectivity index (χ4v) is 3.92. The lowest BCUT2D eigenvalue weighted by Crippen LogP contribution is -2.12. The summed E-state index contributed by atoms with van der Waals surface area (Å²) in [5, 5.41) is 12.5. The number of hydrogen-bond donors (Lipinski definition) is 0. The Morgan fingerprint density at radius 2 is 1.77 bits per heavy atom. The van der Waals surface area contributed by atoms with E-state index in [9.17, 15) is 4.39 Å². The highest BCUT2D eigenvalue weighted by Crippen LogP contribution is 2.30. The number of tetrazole rings is 1. The highest BCUT2D eigenvalue weighted by molar-refractivity contribution is 7.98. The molecule has 0 amide bonds. The normalized spacial score (nSPS) is 11.8. The van der Waals surface area contributed by atoms with Crippen molar-refractivity contribution < 1.29 is 4.39 Å². The van der Waals surface area contributed by atoms with E-state index in [1.807, 2.05) is 0 Å². The van der Waals surface area contributed by atoms with Gasteiger partial charge in [0.25, 0.3) is 0 Å². The van der Waals surface area contributed by atoms with Crippen LogP contribution in [0.5, 0.6) is 0 Å². The van der Waals surface area contributed by atoms with Crippen molar-refractivity contribution in [3.05, 3.63) is 64.5 Å². The zero-order valence-electron chi connectivity index (χ0n) is 15.7. The third-order valence-corrected chi connectivity index (χ3v) is 5.35. The van der Waals surface area contributed by atoms with Gasteiger partial charge in [0.1, 0.15) is 5.82 Å². The van der Waals surface area contributed by atoms with Gasteiger partial charge in [-0.15, -0.1) is 5.10 Å². The summed E-state index contributed by atoms with van der Waals surface area (Å²) in [5.74, 6) is 0.455. The largest absolute Gasteiger partial charge is 0.214 e. The number of hydrogen-bond acceptors (Lipinski definition) is 4. The maximum absolute atomic E-state index is 13.5. The van der Waals surface area contributed by atoms with Crippen molar-refractivity contribution in [2.75, 3.05) is 0 Å². The average molecular weight is 370 g/mol. The van der Waals surface area contributed by atoms with Crippen LogP contribution in [-0.2, 0) is 11.2 Å². The van der Waals surface area contributed by atoms with E-state index in [0.29, 0.717) is 10.8 Å². The summed E-state index contributed by atoms with van der Waals surface area (Å²) in [6.07, 6.45) is 0. The van der Waals surface area contributed by atoms with Gasteiger partial charge in [-0.2, -0.15) is 4.68 Å². The van der Waals surface area contributed by atoms with E-state index in [0.717, 1.165) is 5.75 Å². The molecule has 6 heteroatoms. The Bertz CT molecular complexity index is 905. The van der Waals surface area contributed by atoms with Gasteiger partial charge < -0.3 is 0 Å². The Morgan fingerprint density at radius 3 is 2.38 bits per heavy atom. The number of benzene rings is 2. The predicted molar refractivity (Wildman–Crippen MR) is 103 cm³/mol.